The zero-order valence-corrected chi connectivity index (χ0v) is 19.5. The lowest BCUT2D eigenvalue weighted by Crippen LogP contribution is -2.31. The summed E-state index contributed by atoms with van der Waals surface area (Å²) in [4.78, 5) is 24.5. The number of rotatable bonds is 11. The second kappa shape index (κ2) is 11.2. The number of aromatic nitrogens is 2. The lowest BCUT2D eigenvalue weighted by Gasteiger charge is -2.28. The summed E-state index contributed by atoms with van der Waals surface area (Å²) in [5.41, 5.74) is 0.994. The third-order valence-corrected chi connectivity index (χ3v) is 6.23. The Labute approximate surface area is 199 Å². The number of anilines is 1. The van der Waals surface area contributed by atoms with E-state index in [9.17, 15) is 22.8 Å². The molecule has 3 aromatic rings. The van der Waals surface area contributed by atoms with E-state index in [1.165, 1.54) is 12.1 Å². The van der Waals surface area contributed by atoms with Gasteiger partial charge in [0.05, 0.1) is 5.56 Å². The van der Waals surface area contributed by atoms with Crippen LogP contribution in [-0.4, -0.2) is 35.9 Å². The summed E-state index contributed by atoms with van der Waals surface area (Å²) < 4.78 is 45.6. The molecule has 10 heteroatoms. The Morgan fingerprint density at radius 2 is 1.91 bits per heavy atom. The summed E-state index contributed by atoms with van der Waals surface area (Å²) in [5, 5.41) is 9.04. The molecule has 0 amide bonds. The molecule has 1 aromatic heterocycles. The van der Waals surface area contributed by atoms with Crippen LogP contribution in [0.4, 0.5) is 18.3 Å². The van der Waals surface area contributed by atoms with Crippen molar-refractivity contribution in [1.82, 2.24) is 10.2 Å². The molecule has 0 fully saturated rings. The number of aryl methyl sites for hydroxylation is 1. The maximum absolute atomic E-state index is 13.6. The molecule has 6 nitrogen and oxygen atoms in total. The van der Waals surface area contributed by atoms with Crippen LogP contribution in [0.2, 0.25) is 0 Å². The topological polar surface area (TPSA) is 72.4 Å². The Morgan fingerprint density at radius 3 is 2.56 bits per heavy atom. The molecule has 1 unspecified atom stereocenters. The minimum Gasteiger partial charge on any atom is -0.486 e. The molecule has 0 aliphatic heterocycles. The van der Waals surface area contributed by atoms with Crippen molar-refractivity contribution >= 4 is 29.0 Å². The first-order valence-electron chi connectivity index (χ1n) is 10.7. The van der Waals surface area contributed by atoms with Crippen LogP contribution >= 0.6 is 11.3 Å². The second-order valence-corrected chi connectivity index (χ2v) is 8.52. The summed E-state index contributed by atoms with van der Waals surface area (Å²) >= 11 is 1.11. The van der Waals surface area contributed by atoms with Gasteiger partial charge in [-0.3, -0.25) is 4.79 Å². The van der Waals surface area contributed by atoms with Crippen molar-refractivity contribution in [2.24, 2.45) is 0 Å². The average molecular weight is 492 g/mol. The second-order valence-electron chi connectivity index (χ2n) is 7.56. The maximum Gasteiger partial charge on any atom is 0.419 e. The summed E-state index contributed by atoms with van der Waals surface area (Å²) in [6.07, 6.45) is -1.76. The number of carbonyl (C=O) groups is 2. The van der Waals surface area contributed by atoms with Crippen molar-refractivity contribution in [1.29, 1.82) is 0 Å². The van der Waals surface area contributed by atoms with Gasteiger partial charge in [-0.25, -0.2) is 0 Å². The van der Waals surface area contributed by atoms with Crippen molar-refractivity contribution in [2.75, 3.05) is 18.1 Å². The number of benzene rings is 2. The number of nitrogens with zero attached hydrogens (tertiary/aromatic N) is 3. The first-order chi connectivity index (χ1) is 16.3. The molecule has 0 N–H and O–H groups in total. The summed E-state index contributed by atoms with van der Waals surface area (Å²) in [5.74, 6) is -0.432. The van der Waals surface area contributed by atoms with Gasteiger partial charge in [-0.15, -0.1) is 10.2 Å². The number of carbonyl (C=O) groups excluding carboxylic acids is 2. The third kappa shape index (κ3) is 5.80. The van der Waals surface area contributed by atoms with Crippen molar-refractivity contribution in [2.45, 2.75) is 38.9 Å². The highest BCUT2D eigenvalue weighted by atomic mass is 32.1. The molecule has 3 rings (SSSR count). The van der Waals surface area contributed by atoms with E-state index in [1.807, 2.05) is 43.0 Å². The Hall–Kier alpha value is -3.27. The van der Waals surface area contributed by atoms with Crippen LogP contribution in [0.3, 0.4) is 0 Å². The molecule has 0 saturated carbocycles. The Bertz CT molecular complexity index is 1130. The van der Waals surface area contributed by atoms with Crippen molar-refractivity contribution in [3.8, 4) is 16.3 Å². The van der Waals surface area contributed by atoms with Gasteiger partial charge >= 0.3 is 6.18 Å². The highest BCUT2D eigenvalue weighted by molar-refractivity contribution is 7.18. The predicted octanol–water partition coefficient (Wildman–Crippen LogP) is 5.66. The van der Waals surface area contributed by atoms with Gasteiger partial charge in [0.2, 0.25) is 5.13 Å². The summed E-state index contributed by atoms with van der Waals surface area (Å²) in [7, 11) is 0. The molecule has 1 atom stereocenters. The maximum atomic E-state index is 13.6. The first-order valence-corrected chi connectivity index (χ1v) is 11.5. The van der Waals surface area contributed by atoms with Crippen LogP contribution in [0.5, 0.6) is 5.75 Å². The number of unbranched alkanes of at least 4 members (excludes halogenated alkanes) is 1. The van der Waals surface area contributed by atoms with Crippen LogP contribution < -0.4 is 9.64 Å². The van der Waals surface area contributed by atoms with Gasteiger partial charge in [-0.05, 0) is 42.7 Å². The monoisotopic (exact) mass is 491 g/mol. The van der Waals surface area contributed by atoms with Crippen molar-refractivity contribution < 1.29 is 27.5 Å². The van der Waals surface area contributed by atoms with Crippen LogP contribution in [0.15, 0.2) is 42.5 Å². The zero-order chi connectivity index (χ0) is 24.7. The van der Waals surface area contributed by atoms with E-state index in [4.69, 9.17) is 4.74 Å². The van der Waals surface area contributed by atoms with Gasteiger partial charge in [0.15, 0.2) is 6.29 Å². The largest absolute Gasteiger partial charge is 0.486 e. The van der Waals surface area contributed by atoms with Crippen LogP contribution in [0, 0.1) is 6.92 Å². The first kappa shape index (κ1) is 25.4. The van der Waals surface area contributed by atoms with Crippen LogP contribution in [0.25, 0.3) is 10.6 Å². The number of halogens is 3. The SMILES string of the molecule is CCCCN(c1nnc(-c2ccc(OCC=O)c(C(F)(F)F)c2)s1)C(C=O)c1ccccc1C. The minimum atomic E-state index is -4.68. The molecule has 2 aromatic carbocycles. The van der Waals surface area contributed by atoms with Gasteiger partial charge in [-0.2, -0.15) is 13.2 Å². The smallest absolute Gasteiger partial charge is 0.419 e. The molecule has 180 valence electrons. The van der Waals surface area contributed by atoms with Gasteiger partial charge < -0.3 is 14.4 Å². The predicted molar refractivity (Wildman–Crippen MR) is 124 cm³/mol. The quantitative estimate of drug-likeness (QED) is 0.323. The summed E-state index contributed by atoms with van der Waals surface area (Å²) in [6.45, 7) is 4.00. The van der Waals surface area contributed by atoms with Crippen molar-refractivity contribution in [3.05, 3.63) is 59.2 Å². The Balaban J connectivity index is 2.00. The molecule has 0 spiro atoms. The van der Waals surface area contributed by atoms with E-state index in [1.54, 1.807) is 0 Å². The van der Waals surface area contributed by atoms with E-state index in [2.05, 4.69) is 10.2 Å². The van der Waals surface area contributed by atoms with E-state index < -0.39 is 30.1 Å². The molecule has 0 bridgehead atoms. The number of hydrogen-bond acceptors (Lipinski definition) is 7. The molecular weight excluding hydrogens is 467 g/mol. The number of ether oxygens (including phenoxy) is 1. The highest BCUT2D eigenvalue weighted by Crippen LogP contribution is 2.40. The molecule has 0 radical (unpaired) electrons. The van der Waals surface area contributed by atoms with Gasteiger partial charge in [0.25, 0.3) is 0 Å². The van der Waals surface area contributed by atoms with Gasteiger partial charge in [0.1, 0.15) is 29.7 Å². The normalized spacial score (nSPS) is 12.3. The zero-order valence-electron chi connectivity index (χ0n) is 18.7. The average Bonchev–Trinajstić information content (AvgIpc) is 3.30. The molecule has 34 heavy (non-hydrogen) atoms. The molecular formula is C24H24F3N3O3S. The fourth-order valence-electron chi connectivity index (χ4n) is 3.50. The summed E-state index contributed by atoms with van der Waals surface area (Å²) in [6, 6.07) is 10.5. The number of hydrogen-bond donors (Lipinski definition) is 0. The Kier molecular flexibility index (Phi) is 8.38. The van der Waals surface area contributed by atoms with Crippen LogP contribution in [-0.2, 0) is 15.8 Å². The van der Waals surface area contributed by atoms with Crippen molar-refractivity contribution in [3.63, 3.8) is 0 Å². The standard InChI is InChI=1S/C24H24F3N3O3S/c1-3-4-11-30(20(15-32)18-8-6-5-7-16(18)2)23-29-28-22(34-23)17-9-10-21(33-13-12-31)19(14-17)24(25,26)27/h5-10,12,14-15,20H,3-4,11,13H2,1-2H3. The van der Waals surface area contributed by atoms with Gasteiger partial charge in [0, 0.05) is 12.1 Å². The van der Waals surface area contributed by atoms with E-state index in [-0.39, 0.29) is 10.6 Å². The number of aldehydes is 2. The van der Waals surface area contributed by atoms with E-state index in [0.29, 0.717) is 18.0 Å². The van der Waals surface area contributed by atoms with E-state index in [0.717, 1.165) is 47.7 Å². The molecule has 0 saturated heterocycles. The number of alkyl halides is 3. The lowest BCUT2D eigenvalue weighted by atomic mass is 10.0. The molecule has 1 heterocycles. The Morgan fingerprint density at radius 1 is 1.15 bits per heavy atom. The molecule has 0 aliphatic carbocycles. The fourth-order valence-corrected chi connectivity index (χ4v) is 4.40. The highest BCUT2D eigenvalue weighted by Gasteiger charge is 2.35. The van der Waals surface area contributed by atoms with E-state index >= 15 is 0 Å². The fraction of sp³-hybridized carbons (Fsp3) is 0.333. The minimum absolute atomic E-state index is 0.212. The van der Waals surface area contributed by atoms with Gasteiger partial charge in [-0.1, -0.05) is 48.9 Å². The lowest BCUT2D eigenvalue weighted by molar-refractivity contribution is -0.139. The third-order valence-electron chi connectivity index (χ3n) is 5.22. The molecule has 0 aliphatic rings. The van der Waals surface area contributed by atoms with Crippen LogP contribution in [0.1, 0.15) is 42.5 Å².